The van der Waals surface area contributed by atoms with E-state index in [1.807, 2.05) is 6.07 Å². The van der Waals surface area contributed by atoms with Crippen molar-refractivity contribution in [2.75, 3.05) is 0 Å². The molecule has 1 heterocycles. The summed E-state index contributed by atoms with van der Waals surface area (Å²) in [5.41, 5.74) is 0. The minimum absolute atomic E-state index is 0.601. The molecular weight excluding hydrogens is 174 g/mol. The average Bonchev–Trinajstić information content (AvgIpc) is 2.29. The van der Waals surface area contributed by atoms with Crippen LogP contribution in [0.4, 0.5) is 0 Å². The van der Waals surface area contributed by atoms with Crippen molar-refractivity contribution in [3.8, 4) is 0 Å². The summed E-state index contributed by atoms with van der Waals surface area (Å²) in [5, 5.41) is 3.46. The van der Waals surface area contributed by atoms with Gasteiger partial charge in [0.15, 0.2) is 0 Å². The Balaban J connectivity index is 1.80. The van der Waals surface area contributed by atoms with Crippen LogP contribution >= 0.6 is 0 Å². The zero-order valence-corrected chi connectivity index (χ0v) is 8.19. The van der Waals surface area contributed by atoms with Gasteiger partial charge in [0.05, 0.1) is 6.54 Å². The Labute approximate surface area is 84.3 Å². The fourth-order valence-corrected chi connectivity index (χ4v) is 1.64. The number of aromatic nitrogens is 2. The van der Waals surface area contributed by atoms with Crippen LogP contribution in [-0.2, 0) is 6.54 Å². The highest BCUT2D eigenvalue weighted by Gasteiger charge is 2.08. The molecule has 1 aliphatic carbocycles. The van der Waals surface area contributed by atoms with Crippen LogP contribution in [0.2, 0.25) is 0 Å². The van der Waals surface area contributed by atoms with Gasteiger partial charge in [-0.3, -0.25) is 0 Å². The molecular formula is C11H15N3. The van der Waals surface area contributed by atoms with Gasteiger partial charge in [0.2, 0.25) is 0 Å². The topological polar surface area (TPSA) is 37.8 Å². The summed E-state index contributed by atoms with van der Waals surface area (Å²) in [6.45, 7) is 0.777. The fraction of sp³-hybridized carbons (Fsp3) is 0.455. The average molecular weight is 189 g/mol. The molecule has 0 radical (unpaired) electrons. The molecule has 2 rings (SSSR count). The molecule has 14 heavy (non-hydrogen) atoms. The molecule has 0 fully saturated rings. The molecule has 1 unspecified atom stereocenters. The predicted octanol–water partition coefficient (Wildman–Crippen LogP) is 1.67. The van der Waals surface area contributed by atoms with E-state index in [4.69, 9.17) is 0 Å². The van der Waals surface area contributed by atoms with Crippen molar-refractivity contribution in [3.05, 3.63) is 36.4 Å². The molecule has 0 spiro atoms. The molecule has 3 nitrogen and oxygen atoms in total. The molecule has 0 aliphatic heterocycles. The first-order valence-electron chi connectivity index (χ1n) is 5.09. The van der Waals surface area contributed by atoms with E-state index in [9.17, 15) is 0 Å². The van der Waals surface area contributed by atoms with Crippen LogP contribution < -0.4 is 5.32 Å². The number of rotatable bonds is 3. The monoisotopic (exact) mass is 189 g/mol. The van der Waals surface area contributed by atoms with E-state index in [1.54, 1.807) is 12.4 Å². The summed E-state index contributed by atoms with van der Waals surface area (Å²) in [6, 6.07) is 2.44. The number of allylic oxidation sites excluding steroid dienone is 1. The number of hydrogen-bond donors (Lipinski definition) is 1. The summed E-state index contributed by atoms with van der Waals surface area (Å²) in [5.74, 6) is 0.877. The summed E-state index contributed by atoms with van der Waals surface area (Å²) in [6.07, 6.45) is 11.6. The van der Waals surface area contributed by atoms with Crippen LogP contribution in [0.5, 0.6) is 0 Å². The third-order valence-corrected chi connectivity index (χ3v) is 2.44. The highest BCUT2D eigenvalue weighted by atomic mass is 15.0. The van der Waals surface area contributed by atoms with Gasteiger partial charge in [0, 0.05) is 18.4 Å². The molecule has 0 saturated heterocycles. The van der Waals surface area contributed by atoms with Gasteiger partial charge >= 0.3 is 0 Å². The normalized spacial score (nSPS) is 21.0. The smallest absolute Gasteiger partial charge is 0.141 e. The Hall–Kier alpha value is -1.22. The van der Waals surface area contributed by atoms with Crippen LogP contribution in [-0.4, -0.2) is 16.0 Å². The van der Waals surface area contributed by atoms with Crippen molar-refractivity contribution < 1.29 is 0 Å². The minimum atomic E-state index is 0.601. The van der Waals surface area contributed by atoms with E-state index in [0.717, 1.165) is 18.8 Å². The lowest BCUT2D eigenvalue weighted by Gasteiger charge is -2.18. The van der Waals surface area contributed by atoms with E-state index in [0.29, 0.717) is 6.04 Å². The van der Waals surface area contributed by atoms with Gasteiger partial charge in [-0.05, 0) is 25.3 Å². The van der Waals surface area contributed by atoms with Crippen molar-refractivity contribution in [2.24, 2.45) is 0 Å². The zero-order valence-electron chi connectivity index (χ0n) is 8.19. The predicted molar refractivity (Wildman–Crippen MR) is 55.7 cm³/mol. The molecule has 1 aromatic rings. The highest BCUT2D eigenvalue weighted by Crippen LogP contribution is 2.10. The molecule has 3 heteroatoms. The van der Waals surface area contributed by atoms with Crippen molar-refractivity contribution in [1.29, 1.82) is 0 Å². The van der Waals surface area contributed by atoms with Gasteiger partial charge in [-0.1, -0.05) is 12.2 Å². The Bertz CT molecular complexity index is 295. The van der Waals surface area contributed by atoms with Crippen molar-refractivity contribution in [3.63, 3.8) is 0 Å². The molecule has 0 amide bonds. The summed E-state index contributed by atoms with van der Waals surface area (Å²) in [4.78, 5) is 8.34. The second kappa shape index (κ2) is 4.86. The maximum absolute atomic E-state index is 4.17. The number of nitrogens with zero attached hydrogens (tertiary/aromatic N) is 2. The van der Waals surface area contributed by atoms with E-state index in [2.05, 4.69) is 27.4 Å². The maximum Gasteiger partial charge on any atom is 0.141 e. The standard InChI is InChI=1S/C11H15N3/c1-2-5-10(6-3-1)14-9-11-12-7-4-8-13-11/h1-2,4,7-8,10,14H,3,5-6,9H2. The van der Waals surface area contributed by atoms with Crippen LogP contribution in [0.1, 0.15) is 25.1 Å². The number of nitrogens with one attached hydrogen (secondary N) is 1. The molecule has 74 valence electrons. The lowest BCUT2D eigenvalue weighted by atomic mass is 10.0. The van der Waals surface area contributed by atoms with Crippen LogP contribution in [0, 0.1) is 0 Å². The maximum atomic E-state index is 4.17. The zero-order chi connectivity index (χ0) is 9.64. The lowest BCUT2D eigenvalue weighted by molar-refractivity contribution is 0.467. The Morgan fingerprint density at radius 1 is 1.29 bits per heavy atom. The van der Waals surface area contributed by atoms with Crippen LogP contribution in [0.3, 0.4) is 0 Å². The van der Waals surface area contributed by atoms with Crippen LogP contribution in [0.15, 0.2) is 30.6 Å². The Morgan fingerprint density at radius 2 is 2.14 bits per heavy atom. The van der Waals surface area contributed by atoms with Crippen LogP contribution in [0.25, 0.3) is 0 Å². The van der Waals surface area contributed by atoms with E-state index >= 15 is 0 Å². The quantitative estimate of drug-likeness (QED) is 0.735. The molecule has 0 saturated carbocycles. The van der Waals surface area contributed by atoms with Crippen molar-refractivity contribution >= 4 is 0 Å². The van der Waals surface area contributed by atoms with Gasteiger partial charge in [0.25, 0.3) is 0 Å². The molecule has 1 aliphatic rings. The van der Waals surface area contributed by atoms with Crippen molar-refractivity contribution in [2.45, 2.75) is 31.8 Å². The first-order valence-corrected chi connectivity index (χ1v) is 5.09. The van der Waals surface area contributed by atoms with Gasteiger partial charge in [-0.15, -0.1) is 0 Å². The summed E-state index contributed by atoms with van der Waals surface area (Å²) < 4.78 is 0. The third-order valence-electron chi connectivity index (χ3n) is 2.44. The Kier molecular flexibility index (Phi) is 3.24. The highest BCUT2D eigenvalue weighted by molar-refractivity contribution is 4.94. The first kappa shape index (κ1) is 9.34. The minimum Gasteiger partial charge on any atom is -0.307 e. The first-order chi connectivity index (χ1) is 6.95. The van der Waals surface area contributed by atoms with Crippen molar-refractivity contribution in [1.82, 2.24) is 15.3 Å². The second-order valence-corrected chi connectivity index (χ2v) is 3.53. The SMILES string of the molecule is C1=CCC(NCc2ncccn2)CC1. The molecule has 1 aromatic heterocycles. The fourth-order valence-electron chi connectivity index (χ4n) is 1.64. The Morgan fingerprint density at radius 3 is 2.86 bits per heavy atom. The molecule has 0 aromatic carbocycles. The molecule has 1 atom stereocenters. The van der Waals surface area contributed by atoms with Gasteiger partial charge in [0.1, 0.15) is 5.82 Å². The molecule has 0 bridgehead atoms. The molecule has 1 N–H and O–H groups in total. The second-order valence-electron chi connectivity index (χ2n) is 3.53. The summed E-state index contributed by atoms with van der Waals surface area (Å²) >= 11 is 0. The van der Waals surface area contributed by atoms with E-state index in [-0.39, 0.29) is 0 Å². The van der Waals surface area contributed by atoms with Gasteiger partial charge in [-0.2, -0.15) is 0 Å². The summed E-state index contributed by atoms with van der Waals surface area (Å²) in [7, 11) is 0. The lowest BCUT2D eigenvalue weighted by Crippen LogP contribution is -2.29. The van der Waals surface area contributed by atoms with Gasteiger partial charge < -0.3 is 5.32 Å². The largest absolute Gasteiger partial charge is 0.307 e. The van der Waals surface area contributed by atoms with E-state index < -0.39 is 0 Å². The third kappa shape index (κ3) is 2.64. The van der Waals surface area contributed by atoms with E-state index in [1.165, 1.54) is 12.8 Å². The number of hydrogen-bond acceptors (Lipinski definition) is 3. The van der Waals surface area contributed by atoms with Gasteiger partial charge in [-0.25, -0.2) is 9.97 Å².